The molecule has 0 fully saturated rings. The number of carbonyl (C=O) groups is 3. The summed E-state index contributed by atoms with van der Waals surface area (Å²) in [5.41, 5.74) is 2.97. The highest BCUT2D eigenvalue weighted by Gasteiger charge is 2.29. The van der Waals surface area contributed by atoms with Crippen molar-refractivity contribution in [2.45, 2.75) is 26.7 Å². The highest BCUT2D eigenvalue weighted by atomic mass is 16.5. The normalized spacial score (nSPS) is 12.3. The number of benzene rings is 2. The Morgan fingerprint density at radius 2 is 1.77 bits per heavy atom. The lowest BCUT2D eigenvalue weighted by molar-refractivity contribution is -0.135. The number of carbonyl (C=O) groups excluding carboxylic acids is 1. The van der Waals surface area contributed by atoms with Crippen molar-refractivity contribution >= 4 is 17.8 Å². The number of carboxylic acid groups (broad SMARTS) is 2. The molecule has 4 N–H and O–H groups in total. The molecule has 0 saturated heterocycles. The van der Waals surface area contributed by atoms with Crippen LogP contribution in [-0.4, -0.2) is 44.3 Å². The van der Waals surface area contributed by atoms with Crippen LogP contribution in [-0.2, 0) is 29.3 Å². The van der Waals surface area contributed by atoms with E-state index in [9.17, 15) is 24.3 Å². The number of carboxylic acids is 2. The summed E-state index contributed by atoms with van der Waals surface area (Å²) in [6.45, 7) is 1.33. The van der Waals surface area contributed by atoms with E-state index in [1.54, 1.807) is 12.1 Å². The summed E-state index contributed by atoms with van der Waals surface area (Å²) in [6.07, 6.45) is 0. The van der Waals surface area contributed by atoms with Gasteiger partial charge < -0.3 is 29.9 Å². The monoisotopic (exact) mass is 478 g/mol. The molecule has 1 aliphatic rings. The Balaban J connectivity index is 1.67. The molecule has 0 bridgehead atoms. The van der Waals surface area contributed by atoms with E-state index in [0.717, 1.165) is 22.3 Å². The van der Waals surface area contributed by atoms with Crippen molar-refractivity contribution in [3.8, 4) is 16.9 Å². The van der Waals surface area contributed by atoms with E-state index < -0.39 is 41.3 Å². The van der Waals surface area contributed by atoms with Crippen molar-refractivity contribution in [2.75, 3.05) is 6.54 Å². The minimum absolute atomic E-state index is 0.0191. The van der Waals surface area contributed by atoms with Gasteiger partial charge in [-0.1, -0.05) is 30.3 Å². The average Bonchev–Trinajstić information content (AvgIpc) is 3.31. The lowest BCUT2D eigenvalue weighted by atomic mass is 9.97. The van der Waals surface area contributed by atoms with Gasteiger partial charge >= 0.3 is 11.9 Å². The van der Waals surface area contributed by atoms with Gasteiger partial charge in [0, 0.05) is 5.56 Å². The highest BCUT2D eigenvalue weighted by molar-refractivity contribution is 5.98. The summed E-state index contributed by atoms with van der Waals surface area (Å²) in [7, 11) is 0. The number of aryl methyl sites for hydroxylation is 1. The number of aromatic carboxylic acids is 1. The largest absolute Gasteiger partial charge is 0.506 e. The van der Waals surface area contributed by atoms with Crippen molar-refractivity contribution < 1.29 is 34.4 Å². The van der Waals surface area contributed by atoms with Gasteiger partial charge in [0.2, 0.25) is 0 Å². The quantitative estimate of drug-likeness (QED) is 0.402. The standard InChI is InChI=1S/C25H22N2O8/c1-13-8-16(25(33)34)6-7-17(13)15-4-2-14(3-5-15)10-27-19-12-35-11-18(19)22(30)21(24(27)32)23(31)26-9-20(28)29/h2-8,30H,9-12H2,1H3,(H,26,31)(H,28,29)(H,33,34). The Hall–Kier alpha value is -4.44. The third-order valence-corrected chi connectivity index (χ3v) is 5.85. The zero-order chi connectivity index (χ0) is 25.3. The first-order chi connectivity index (χ1) is 16.7. The molecule has 0 spiro atoms. The number of rotatable bonds is 7. The highest BCUT2D eigenvalue weighted by Crippen LogP contribution is 2.30. The van der Waals surface area contributed by atoms with Gasteiger partial charge in [0.25, 0.3) is 11.5 Å². The summed E-state index contributed by atoms with van der Waals surface area (Å²) in [6, 6.07) is 12.2. The smallest absolute Gasteiger partial charge is 0.335 e. The summed E-state index contributed by atoms with van der Waals surface area (Å²) in [5, 5.41) is 30.6. The first-order valence-corrected chi connectivity index (χ1v) is 10.7. The number of pyridine rings is 1. The van der Waals surface area contributed by atoms with E-state index in [0.29, 0.717) is 11.3 Å². The van der Waals surface area contributed by atoms with Crippen LogP contribution in [0.2, 0.25) is 0 Å². The third kappa shape index (κ3) is 4.64. The summed E-state index contributed by atoms with van der Waals surface area (Å²) in [4.78, 5) is 47.6. The van der Waals surface area contributed by atoms with E-state index in [2.05, 4.69) is 5.32 Å². The fraction of sp³-hybridized carbons (Fsp3) is 0.200. The van der Waals surface area contributed by atoms with Crippen LogP contribution in [0.4, 0.5) is 0 Å². The Morgan fingerprint density at radius 3 is 2.40 bits per heavy atom. The first kappa shape index (κ1) is 23.7. The number of nitrogens with zero attached hydrogens (tertiary/aromatic N) is 1. The number of aromatic hydroxyl groups is 1. The number of aromatic nitrogens is 1. The van der Waals surface area contributed by atoms with Crippen molar-refractivity contribution in [1.82, 2.24) is 9.88 Å². The predicted molar refractivity (Wildman–Crippen MR) is 124 cm³/mol. The van der Waals surface area contributed by atoms with Gasteiger partial charge in [0.05, 0.1) is 31.0 Å². The fourth-order valence-corrected chi connectivity index (χ4v) is 4.08. The van der Waals surface area contributed by atoms with Crippen molar-refractivity contribution in [3.05, 3.63) is 86.3 Å². The fourth-order valence-electron chi connectivity index (χ4n) is 4.08. The lowest BCUT2D eigenvalue weighted by Crippen LogP contribution is -2.37. The maximum Gasteiger partial charge on any atom is 0.335 e. The third-order valence-electron chi connectivity index (χ3n) is 5.85. The molecular weight excluding hydrogens is 456 g/mol. The average molecular weight is 478 g/mol. The Bertz CT molecular complexity index is 1410. The van der Waals surface area contributed by atoms with E-state index >= 15 is 0 Å². The van der Waals surface area contributed by atoms with E-state index in [-0.39, 0.29) is 25.3 Å². The van der Waals surface area contributed by atoms with Gasteiger partial charge in [-0.05, 0) is 41.3 Å². The van der Waals surface area contributed by atoms with Gasteiger partial charge in [-0.25, -0.2) is 4.79 Å². The van der Waals surface area contributed by atoms with Crippen LogP contribution in [0.1, 0.15) is 43.1 Å². The number of aliphatic carboxylic acids is 1. The van der Waals surface area contributed by atoms with Gasteiger partial charge in [0.15, 0.2) is 0 Å². The predicted octanol–water partition coefficient (Wildman–Crippen LogP) is 2.12. The van der Waals surface area contributed by atoms with Crippen molar-refractivity contribution in [2.24, 2.45) is 0 Å². The zero-order valence-electron chi connectivity index (χ0n) is 18.7. The Morgan fingerprint density at radius 1 is 1.06 bits per heavy atom. The molecule has 10 nitrogen and oxygen atoms in total. The number of hydrogen-bond donors (Lipinski definition) is 4. The molecule has 0 saturated carbocycles. The van der Waals surface area contributed by atoms with Crippen LogP contribution >= 0.6 is 0 Å². The first-order valence-electron chi connectivity index (χ1n) is 10.7. The second kappa shape index (κ2) is 9.43. The van der Waals surface area contributed by atoms with Gasteiger partial charge in [-0.15, -0.1) is 0 Å². The summed E-state index contributed by atoms with van der Waals surface area (Å²) in [5.74, 6) is -3.76. The molecule has 0 atom stereocenters. The molecule has 10 heteroatoms. The molecule has 0 radical (unpaired) electrons. The summed E-state index contributed by atoms with van der Waals surface area (Å²) >= 11 is 0. The summed E-state index contributed by atoms with van der Waals surface area (Å²) < 4.78 is 6.74. The SMILES string of the molecule is Cc1cc(C(=O)O)ccc1-c1ccc(Cn2c3c(c(O)c(C(=O)NCC(=O)O)c2=O)COC3)cc1. The minimum atomic E-state index is -1.28. The van der Waals surface area contributed by atoms with Crippen molar-refractivity contribution in [3.63, 3.8) is 0 Å². The molecule has 1 aliphatic heterocycles. The second-order valence-corrected chi connectivity index (χ2v) is 8.14. The van der Waals surface area contributed by atoms with Gasteiger partial charge in [-0.2, -0.15) is 0 Å². The number of ether oxygens (including phenoxy) is 1. The molecule has 180 valence electrons. The minimum Gasteiger partial charge on any atom is -0.506 e. The van der Waals surface area contributed by atoms with E-state index in [1.807, 2.05) is 31.2 Å². The number of hydrogen-bond acceptors (Lipinski definition) is 6. The van der Waals surface area contributed by atoms with Crippen LogP contribution in [0.15, 0.2) is 47.3 Å². The molecule has 4 rings (SSSR count). The zero-order valence-corrected chi connectivity index (χ0v) is 18.7. The number of amides is 1. The van der Waals surface area contributed by atoms with Crippen LogP contribution < -0.4 is 10.9 Å². The van der Waals surface area contributed by atoms with Gasteiger partial charge in [-0.3, -0.25) is 14.4 Å². The molecule has 2 aromatic carbocycles. The maximum absolute atomic E-state index is 13.2. The van der Waals surface area contributed by atoms with Crippen LogP contribution in [0.3, 0.4) is 0 Å². The molecule has 1 amide bonds. The molecule has 0 aliphatic carbocycles. The van der Waals surface area contributed by atoms with Crippen LogP contribution in [0.5, 0.6) is 5.75 Å². The molecule has 1 aromatic heterocycles. The van der Waals surface area contributed by atoms with E-state index in [1.165, 1.54) is 10.6 Å². The molecule has 2 heterocycles. The van der Waals surface area contributed by atoms with Crippen LogP contribution in [0.25, 0.3) is 11.1 Å². The second-order valence-electron chi connectivity index (χ2n) is 8.14. The van der Waals surface area contributed by atoms with Gasteiger partial charge in [0.1, 0.15) is 17.9 Å². The molecule has 3 aromatic rings. The van der Waals surface area contributed by atoms with E-state index in [4.69, 9.17) is 14.9 Å². The maximum atomic E-state index is 13.2. The Kier molecular flexibility index (Phi) is 6.39. The molecular formula is C25H22N2O8. The number of fused-ring (bicyclic) bond motifs is 1. The van der Waals surface area contributed by atoms with Crippen molar-refractivity contribution in [1.29, 1.82) is 0 Å². The topological polar surface area (TPSA) is 155 Å². The number of nitrogens with one attached hydrogen (secondary N) is 1. The lowest BCUT2D eigenvalue weighted by Gasteiger charge is -2.16. The van der Waals surface area contributed by atoms with Crippen LogP contribution in [0, 0.1) is 6.92 Å². The Labute approximate surface area is 199 Å². The molecule has 0 unspecified atom stereocenters. The molecule has 35 heavy (non-hydrogen) atoms.